The molecule has 0 aliphatic carbocycles. The largest absolute Gasteiger partial charge is 0.349 e. The van der Waals surface area contributed by atoms with Crippen LogP contribution in [0.2, 0.25) is 0 Å². The van der Waals surface area contributed by atoms with Gasteiger partial charge in [-0.25, -0.2) is 4.79 Å². The lowest BCUT2D eigenvalue weighted by Gasteiger charge is -2.06. The Bertz CT molecular complexity index is 727. The second-order valence-electron chi connectivity index (χ2n) is 4.86. The predicted octanol–water partition coefficient (Wildman–Crippen LogP) is 0.403. The molecule has 1 fully saturated rings. The van der Waals surface area contributed by atoms with Crippen molar-refractivity contribution in [2.75, 3.05) is 0 Å². The van der Waals surface area contributed by atoms with Crippen molar-refractivity contribution < 1.29 is 18.9 Å². The van der Waals surface area contributed by atoms with Crippen molar-refractivity contribution in [2.24, 2.45) is 0 Å². The average molecular weight is 335 g/mol. The summed E-state index contributed by atoms with van der Waals surface area (Å²) in [7, 11) is 0. The van der Waals surface area contributed by atoms with Crippen molar-refractivity contribution in [3.63, 3.8) is 0 Å². The topological polar surface area (TPSA) is 126 Å². The zero-order valence-corrected chi connectivity index (χ0v) is 12.7. The SMILES string of the molecule is O=C(CC[C@@H]1NC(=O)NC1=O)NCc1noc(-c2ccsc2)n1. The fourth-order valence-electron chi connectivity index (χ4n) is 2.03. The Kier molecular flexibility index (Phi) is 4.33. The summed E-state index contributed by atoms with van der Waals surface area (Å²) in [6.07, 6.45) is 0.337. The summed E-state index contributed by atoms with van der Waals surface area (Å²) in [5.74, 6) is 0.0921. The van der Waals surface area contributed by atoms with Gasteiger partial charge in [-0.3, -0.25) is 14.9 Å². The number of aromatic nitrogens is 2. The highest BCUT2D eigenvalue weighted by Gasteiger charge is 2.29. The molecule has 23 heavy (non-hydrogen) atoms. The normalized spacial score (nSPS) is 17.0. The quantitative estimate of drug-likeness (QED) is 0.656. The first-order valence-corrected chi connectivity index (χ1v) is 7.79. The smallest absolute Gasteiger partial charge is 0.322 e. The van der Waals surface area contributed by atoms with E-state index in [1.54, 1.807) is 0 Å². The number of thiophene rings is 1. The molecule has 1 saturated heterocycles. The van der Waals surface area contributed by atoms with E-state index in [4.69, 9.17) is 4.52 Å². The molecule has 3 heterocycles. The molecular formula is C13H13N5O4S. The second-order valence-corrected chi connectivity index (χ2v) is 5.64. The Labute approximate surface area is 134 Å². The number of hydrogen-bond donors (Lipinski definition) is 3. The first kappa shape index (κ1) is 15.2. The van der Waals surface area contributed by atoms with E-state index in [0.717, 1.165) is 5.56 Å². The van der Waals surface area contributed by atoms with Gasteiger partial charge in [0.15, 0.2) is 5.82 Å². The van der Waals surface area contributed by atoms with E-state index < -0.39 is 18.0 Å². The third-order valence-electron chi connectivity index (χ3n) is 3.20. The highest BCUT2D eigenvalue weighted by Crippen LogP contribution is 2.19. The van der Waals surface area contributed by atoms with Gasteiger partial charge >= 0.3 is 6.03 Å². The van der Waals surface area contributed by atoms with Crippen molar-refractivity contribution in [3.05, 3.63) is 22.7 Å². The molecule has 1 aliphatic heterocycles. The number of imide groups is 1. The van der Waals surface area contributed by atoms with Gasteiger partial charge in [0.25, 0.3) is 11.8 Å². The Morgan fingerprint density at radius 3 is 3.00 bits per heavy atom. The standard InChI is InChI=1S/C13H13N5O4S/c19-10(2-1-8-11(20)17-13(21)15-8)14-5-9-16-12(22-18-9)7-3-4-23-6-7/h3-4,6,8H,1-2,5H2,(H,14,19)(H2,15,17,20,21)/t8-/m0/s1. The van der Waals surface area contributed by atoms with Crippen LogP contribution in [0, 0.1) is 0 Å². The minimum atomic E-state index is -0.663. The maximum atomic E-state index is 11.8. The van der Waals surface area contributed by atoms with Crippen LogP contribution in [0.4, 0.5) is 4.79 Å². The number of nitrogens with one attached hydrogen (secondary N) is 3. The first-order chi connectivity index (χ1) is 11.1. The van der Waals surface area contributed by atoms with Gasteiger partial charge in [-0.05, 0) is 17.9 Å². The fraction of sp³-hybridized carbons (Fsp3) is 0.308. The fourth-order valence-corrected chi connectivity index (χ4v) is 2.66. The lowest BCUT2D eigenvalue weighted by Crippen LogP contribution is -2.31. The average Bonchev–Trinajstić information content (AvgIpc) is 3.24. The molecule has 120 valence electrons. The third-order valence-corrected chi connectivity index (χ3v) is 3.88. The molecule has 0 radical (unpaired) electrons. The van der Waals surface area contributed by atoms with Crippen molar-refractivity contribution in [1.29, 1.82) is 0 Å². The van der Waals surface area contributed by atoms with Crippen LogP contribution in [0.15, 0.2) is 21.3 Å². The molecule has 0 saturated carbocycles. The second kappa shape index (κ2) is 6.57. The van der Waals surface area contributed by atoms with Crippen LogP contribution in [-0.2, 0) is 16.1 Å². The van der Waals surface area contributed by atoms with Gasteiger partial charge in [-0.1, -0.05) is 5.16 Å². The van der Waals surface area contributed by atoms with Crippen molar-refractivity contribution in [1.82, 2.24) is 26.1 Å². The zero-order chi connectivity index (χ0) is 16.2. The summed E-state index contributed by atoms with van der Waals surface area (Å²) < 4.78 is 5.10. The molecule has 2 aromatic heterocycles. The van der Waals surface area contributed by atoms with Gasteiger partial charge in [0, 0.05) is 11.8 Å². The van der Waals surface area contributed by atoms with Crippen LogP contribution in [-0.4, -0.2) is 34.0 Å². The number of hydrogen-bond acceptors (Lipinski definition) is 7. The molecule has 9 nitrogen and oxygen atoms in total. The molecule has 3 N–H and O–H groups in total. The van der Waals surface area contributed by atoms with Gasteiger partial charge in [-0.15, -0.1) is 0 Å². The van der Waals surface area contributed by atoms with Gasteiger partial charge in [0.2, 0.25) is 5.91 Å². The van der Waals surface area contributed by atoms with E-state index in [9.17, 15) is 14.4 Å². The Morgan fingerprint density at radius 2 is 2.30 bits per heavy atom. The van der Waals surface area contributed by atoms with E-state index in [2.05, 4.69) is 26.1 Å². The Hall–Kier alpha value is -2.75. The van der Waals surface area contributed by atoms with Crippen molar-refractivity contribution >= 4 is 29.2 Å². The minimum absolute atomic E-state index is 0.105. The summed E-state index contributed by atoms with van der Waals surface area (Å²) in [6.45, 7) is 0.135. The number of urea groups is 1. The molecular weight excluding hydrogens is 322 g/mol. The molecule has 2 aromatic rings. The molecule has 3 rings (SSSR count). The highest BCUT2D eigenvalue weighted by atomic mass is 32.1. The van der Waals surface area contributed by atoms with Crippen LogP contribution >= 0.6 is 11.3 Å². The Morgan fingerprint density at radius 1 is 1.43 bits per heavy atom. The van der Waals surface area contributed by atoms with Gasteiger partial charge in [-0.2, -0.15) is 16.3 Å². The van der Waals surface area contributed by atoms with Gasteiger partial charge < -0.3 is 15.2 Å². The molecule has 0 aromatic carbocycles. The maximum Gasteiger partial charge on any atom is 0.322 e. The molecule has 4 amide bonds. The summed E-state index contributed by atoms with van der Waals surface area (Å²) in [6, 6.07) is 0.665. The number of carbonyl (C=O) groups excluding carboxylic acids is 3. The lowest BCUT2D eigenvalue weighted by atomic mass is 10.1. The van der Waals surface area contributed by atoms with E-state index in [1.165, 1.54) is 11.3 Å². The zero-order valence-electron chi connectivity index (χ0n) is 11.9. The van der Waals surface area contributed by atoms with Crippen LogP contribution in [0.3, 0.4) is 0 Å². The van der Waals surface area contributed by atoms with Gasteiger partial charge in [0.1, 0.15) is 6.04 Å². The van der Waals surface area contributed by atoms with Crippen LogP contribution in [0.5, 0.6) is 0 Å². The van der Waals surface area contributed by atoms with Crippen LogP contribution < -0.4 is 16.0 Å². The van der Waals surface area contributed by atoms with E-state index in [-0.39, 0.29) is 25.3 Å². The van der Waals surface area contributed by atoms with Crippen LogP contribution in [0.1, 0.15) is 18.7 Å². The number of amides is 4. The monoisotopic (exact) mass is 335 g/mol. The van der Waals surface area contributed by atoms with E-state index in [0.29, 0.717) is 11.7 Å². The summed E-state index contributed by atoms with van der Waals surface area (Å²) in [5, 5.41) is 14.8. The number of nitrogens with zero attached hydrogens (tertiary/aromatic N) is 2. The predicted molar refractivity (Wildman–Crippen MR) is 79.2 cm³/mol. The summed E-state index contributed by atoms with van der Waals surface area (Å²) in [5.41, 5.74) is 0.836. The Balaban J connectivity index is 1.44. The lowest BCUT2D eigenvalue weighted by molar-refractivity contribution is -0.122. The molecule has 0 spiro atoms. The van der Waals surface area contributed by atoms with Crippen LogP contribution in [0.25, 0.3) is 11.5 Å². The number of rotatable bonds is 6. The molecule has 0 bridgehead atoms. The summed E-state index contributed by atoms with van der Waals surface area (Å²) in [4.78, 5) is 38.2. The van der Waals surface area contributed by atoms with Crippen molar-refractivity contribution in [2.45, 2.75) is 25.4 Å². The maximum absolute atomic E-state index is 11.8. The molecule has 1 aliphatic rings. The molecule has 10 heteroatoms. The molecule has 0 unspecified atom stereocenters. The third kappa shape index (κ3) is 3.72. The molecule has 1 atom stereocenters. The summed E-state index contributed by atoms with van der Waals surface area (Å²) >= 11 is 1.52. The minimum Gasteiger partial charge on any atom is -0.349 e. The van der Waals surface area contributed by atoms with Gasteiger partial charge in [0.05, 0.1) is 12.1 Å². The van der Waals surface area contributed by atoms with E-state index in [1.807, 2.05) is 16.8 Å². The van der Waals surface area contributed by atoms with E-state index >= 15 is 0 Å². The number of carbonyl (C=O) groups is 3. The van der Waals surface area contributed by atoms with Crippen molar-refractivity contribution in [3.8, 4) is 11.5 Å². The first-order valence-electron chi connectivity index (χ1n) is 6.85. The highest BCUT2D eigenvalue weighted by molar-refractivity contribution is 7.08.